The summed E-state index contributed by atoms with van der Waals surface area (Å²) in [5, 5.41) is 5.27. The summed E-state index contributed by atoms with van der Waals surface area (Å²) in [5.74, 6) is -1.03. The molecule has 0 aliphatic rings. The van der Waals surface area contributed by atoms with E-state index in [0.29, 0.717) is 17.3 Å². The maximum absolute atomic E-state index is 12.1. The molecular formula is C18H20N2O2. The van der Waals surface area contributed by atoms with E-state index in [-0.39, 0.29) is 0 Å². The molecule has 0 aliphatic carbocycles. The standard InChI is InChI=1S/C18H20N2O2/c1-3-13(2)15-11-7-8-12-16(15)20-18(22)17(21)19-14-9-5-4-6-10-14/h4-13H,3H2,1-2H3,(H,19,21)(H,20,22). The van der Waals surface area contributed by atoms with Crippen molar-refractivity contribution in [1.82, 2.24) is 0 Å². The Labute approximate surface area is 130 Å². The Kier molecular flexibility index (Phi) is 5.31. The highest BCUT2D eigenvalue weighted by Gasteiger charge is 2.16. The topological polar surface area (TPSA) is 58.2 Å². The fraction of sp³-hybridized carbons (Fsp3) is 0.222. The fourth-order valence-corrected chi connectivity index (χ4v) is 2.15. The summed E-state index contributed by atoms with van der Waals surface area (Å²) >= 11 is 0. The Morgan fingerprint density at radius 1 is 0.909 bits per heavy atom. The van der Waals surface area contributed by atoms with Gasteiger partial charge in [-0.3, -0.25) is 9.59 Å². The molecule has 22 heavy (non-hydrogen) atoms. The van der Waals surface area contributed by atoms with Gasteiger partial charge in [0.25, 0.3) is 0 Å². The fourth-order valence-electron chi connectivity index (χ4n) is 2.15. The van der Waals surface area contributed by atoms with Crippen LogP contribution in [-0.2, 0) is 9.59 Å². The highest BCUT2D eigenvalue weighted by atomic mass is 16.2. The van der Waals surface area contributed by atoms with E-state index in [1.54, 1.807) is 24.3 Å². The van der Waals surface area contributed by atoms with Crippen LogP contribution in [0.2, 0.25) is 0 Å². The minimum atomic E-state index is -0.676. The second kappa shape index (κ2) is 7.41. The molecule has 2 amide bonds. The molecule has 0 saturated carbocycles. The SMILES string of the molecule is CCC(C)c1ccccc1NC(=O)C(=O)Nc1ccccc1. The van der Waals surface area contributed by atoms with E-state index in [0.717, 1.165) is 12.0 Å². The predicted molar refractivity (Wildman–Crippen MR) is 88.8 cm³/mol. The Hall–Kier alpha value is -2.62. The molecule has 0 radical (unpaired) electrons. The second-order valence-corrected chi connectivity index (χ2v) is 5.17. The number of para-hydroxylation sites is 2. The second-order valence-electron chi connectivity index (χ2n) is 5.17. The van der Waals surface area contributed by atoms with Crippen LogP contribution in [0.15, 0.2) is 54.6 Å². The van der Waals surface area contributed by atoms with Gasteiger partial charge >= 0.3 is 11.8 Å². The van der Waals surface area contributed by atoms with Gasteiger partial charge in [-0.15, -0.1) is 0 Å². The lowest BCUT2D eigenvalue weighted by atomic mass is 9.97. The zero-order chi connectivity index (χ0) is 15.9. The average molecular weight is 296 g/mol. The molecular weight excluding hydrogens is 276 g/mol. The van der Waals surface area contributed by atoms with E-state index in [9.17, 15) is 9.59 Å². The third-order valence-corrected chi connectivity index (χ3v) is 3.59. The lowest BCUT2D eigenvalue weighted by Crippen LogP contribution is -2.29. The summed E-state index contributed by atoms with van der Waals surface area (Å²) in [7, 11) is 0. The van der Waals surface area contributed by atoms with Crippen LogP contribution in [0.1, 0.15) is 31.7 Å². The van der Waals surface area contributed by atoms with Gasteiger partial charge in [0.2, 0.25) is 0 Å². The van der Waals surface area contributed by atoms with Crippen LogP contribution in [0.4, 0.5) is 11.4 Å². The van der Waals surface area contributed by atoms with Gasteiger partial charge in [0, 0.05) is 11.4 Å². The van der Waals surface area contributed by atoms with Gasteiger partial charge < -0.3 is 10.6 Å². The van der Waals surface area contributed by atoms with Crippen LogP contribution in [0, 0.1) is 0 Å². The Balaban J connectivity index is 2.07. The largest absolute Gasteiger partial charge is 0.318 e. The number of hydrogen-bond donors (Lipinski definition) is 2. The van der Waals surface area contributed by atoms with Gasteiger partial charge in [-0.2, -0.15) is 0 Å². The van der Waals surface area contributed by atoms with Gasteiger partial charge in [0.1, 0.15) is 0 Å². The number of carbonyl (C=O) groups is 2. The number of hydrogen-bond acceptors (Lipinski definition) is 2. The average Bonchev–Trinajstić information content (AvgIpc) is 2.55. The summed E-state index contributed by atoms with van der Waals surface area (Å²) in [6.07, 6.45) is 0.961. The Morgan fingerprint density at radius 2 is 1.50 bits per heavy atom. The van der Waals surface area contributed by atoms with E-state index in [2.05, 4.69) is 24.5 Å². The maximum atomic E-state index is 12.1. The summed E-state index contributed by atoms with van der Waals surface area (Å²) in [6.45, 7) is 4.18. The first-order valence-electron chi connectivity index (χ1n) is 7.38. The van der Waals surface area contributed by atoms with Crippen LogP contribution in [0.3, 0.4) is 0 Å². The summed E-state index contributed by atoms with van der Waals surface area (Å²) in [4.78, 5) is 24.0. The normalized spacial score (nSPS) is 11.5. The van der Waals surface area contributed by atoms with Gasteiger partial charge in [-0.05, 0) is 36.1 Å². The smallest absolute Gasteiger partial charge is 0.314 e. The lowest BCUT2D eigenvalue weighted by Gasteiger charge is -2.15. The third kappa shape index (κ3) is 3.95. The number of anilines is 2. The van der Waals surface area contributed by atoms with E-state index in [4.69, 9.17) is 0 Å². The molecule has 4 nitrogen and oxygen atoms in total. The molecule has 0 aliphatic heterocycles. The lowest BCUT2D eigenvalue weighted by molar-refractivity contribution is -0.133. The van der Waals surface area contributed by atoms with Crippen molar-refractivity contribution in [2.24, 2.45) is 0 Å². The molecule has 0 saturated heterocycles. The van der Waals surface area contributed by atoms with Crippen LogP contribution in [-0.4, -0.2) is 11.8 Å². The number of amides is 2. The van der Waals surface area contributed by atoms with Crippen LogP contribution < -0.4 is 10.6 Å². The highest BCUT2D eigenvalue weighted by Crippen LogP contribution is 2.26. The van der Waals surface area contributed by atoms with Gasteiger partial charge in [-0.1, -0.05) is 50.2 Å². The van der Waals surface area contributed by atoms with Crippen molar-refractivity contribution in [2.45, 2.75) is 26.2 Å². The molecule has 0 heterocycles. The predicted octanol–water partition coefficient (Wildman–Crippen LogP) is 3.78. The zero-order valence-electron chi connectivity index (χ0n) is 12.8. The van der Waals surface area contributed by atoms with Gasteiger partial charge in [0.05, 0.1) is 0 Å². The molecule has 114 valence electrons. The number of carbonyl (C=O) groups excluding carboxylic acids is 2. The van der Waals surface area contributed by atoms with Crippen molar-refractivity contribution >= 4 is 23.2 Å². The summed E-state index contributed by atoms with van der Waals surface area (Å²) in [5.41, 5.74) is 2.31. The van der Waals surface area contributed by atoms with Crippen molar-refractivity contribution in [3.8, 4) is 0 Å². The minimum absolute atomic E-state index is 0.314. The molecule has 2 aromatic carbocycles. The van der Waals surface area contributed by atoms with Crippen molar-refractivity contribution in [3.63, 3.8) is 0 Å². The van der Waals surface area contributed by atoms with E-state index in [1.165, 1.54) is 0 Å². The molecule has 2 N–H and O–H groups in total. The highest BCUT2D eigenvalue weighted by molar-refractivity contribution is 6.43. The molecule has 2 rings (SSSR count). The van der Waals surface area contributed by atoms with E-state index in [1.807, 2.05) is 30.3 Å². The monoisotopic (exact) mass is 296 g/mol. The van der Waals surface area contributed by atoms with Crippen molar-refractivity contribution < 1.29 is 9.59 Å². The zero-order valence-corrected chi connectivity index (χ0v) is 12.8. The molecule has 1 atom stereocenters. The first-order chi connectivity index (χ1) is 10.6. The van der Waals surface area contributed by atoms with Crippen LogP contribution in [0.25, 0.3) is 0 Å². The first-order valence-corrected chi connectivity index (χ1v) is 7.38. The summed E-state index contributed by atoms with van der Waals surface area (Å²) in [6, 6.07) is 16.5. The van der Waals surface area contributed by atoms with E-state index >= 15 is 0 Å². The molecule has 0 spiro atoms. The maximum Gasteiger partial charge on any atom is 0.314 e. The first kappa shape index (κ1) is 15.8. The molecule has 0 aromatic heterocycles. The molecule has 0 bridgehead atoms. The third-order valence-electron chi connectivity index (χ3n) is 3.59. The number of benzene rings is 2. The van der Waals surface area contributed by atoms with Crippen LogP contribution in [0.5, 0.6) is 0 Å². The van der Waals surface area contributed by atoms with Crippen molar-refractivity contribution in [3.05, 3.63) is 60.2 Å². The Morgan fingerprint density at radius 3 is 2.18 bits per heavy atom. The minimum Gasteiger partial charge on any atom is -0.318 e. The van der Waals surface area contributed by atoms with Crippen molar-refractivity contribution in [1.29, 1.82) is 0 Å². The molecule has 4 heteroatoms. The molecule has 0 fully saturated rings. The summed E-state index contributed by atoms with van der Waals surface area (Å²) < 4.78 is 0. The molecule has 1 unspecified atom stereocenters. The Bertz CT molecular complexity index is 653. The number of nitrogens with one attached hydrogen (secondary N) is 2. The van der Waals surface area contributed by atoms with Crippen LogP contribution >= 0.6 is 0 Å². The van der Waals surface area contributed by atoms with Crippen molar-refractivity contribution in [2.75, 3.05) is 10.6 Å². The van der Waals surface area contributed by atoms with E-state index < -0.39 is 11.8 Å². The number of rotatable bonds is 4. The molecule has 2 aromatic rings. The van der Waals surface area contributed by atoms with Gasteiger partial charge in [-0.25, -0.2) is 0 Å². The van der Waals surface area contributed by atoms with Gasteiger partial charge in [0.15, 0.2) is 0 Å². The quantitative estimate of drug-likeness (QED) is 0.844.